The maximum absolute atomic E-state index is 11.9. The second-order valence-corrected chi connectivity index (χ2v) is 5.69. The second kappa shape index (κ2) is 8.15. The topological polar surface area (TPSA) is 52.6 Å². The van der Waals surface area contributed by atoms with Crippen LogP contribution in [0.1, 0.15) is 38.7 Å². The number of rotatable bonds is 9. The van der Waals surface area contributed by atoms with Crippen molar-refractivity contribution in [2.75, 3.05) is 20.6 Å². The van der Waals surface area contributed by atoms with Crippen molar-refractivity contribution in [3.63, 3.8) is 0 Å². The van der Waals surface area contributed by atoms with Gasteiger partial charge in [0.2, 0.25) is 0 Å². The monoisotopic (exact) mass is 292 g/mol. The molecule has 0 saturated carbocycles. The molecule has 1 aromatic rings. The summed E-state index contributed by atoms with van der Waals surface area (Å²) in [5.74, 6) is -0.826. The van der Waals surface area contributed by atoms with E-state index < -0.39 is 11.5 Å². The van der Waals surface area contributed by atoms with Crippen LogP contribution in [0.5, 0.6) is 0 Å². The zero-order valence-corrected chi connectivity index (χ0v) is 13.6. The fourth-order valence-corrected chi connectivity index (χ4v) is 2.68. The molecule has 21 heavy (non-hydrogen) atoms. The molecule has 0 spiro atoms. The van der Waals surface area contributed by atoms with E-state index in [1.807, 2.05) is 30.3 Å². The maximum atomic E-state index is 11.9. The van der Waals surface area contributed by atoms with Crippen LogP contribution in [-0.4, -0.2) is 42.7 Å². The van der Waals surface area contributed by atoms with Crippen LogP contribution in [-0.2, 0) is 10.3 Å². The molecule has 0 bridgehead atoms. The lowest BCUT2D eigenvalue weighted by Crippen LogP contribution is -2.49. The lowest BCUT2D eigenvalue weighted by molar-refractivity contribution is -0.145. The highest BCUT2D eigenvalue weighted by Gasteiger charge is 2.38. The Morgan fingerprint density at radius 3 is 2.48 bits per heavy atom. The lowest BCUT2D eigenvalue weighted by Gasteiger charge is -2.33. The third-order valence-electron chi connectivity index (χ3n) is 4.36. The highest BCUT2D eigenvalue weighted by Crippen LogP contribution is 2.26. The van der Waals surface area contributed by atoms with E-state index in [0.29, 0.717) is 12.5 Å². The first-order valence-electron chi connectivity index (χ1n) is 7.66. The average Bonchev–Trinajstić information content (AvgIpc) is 2.49. The summed E-state index contributed by atoms with van der Waals surface area (Å²) in [6.45, 7) is 5.10. The number of hydrogen-bond donors (Lipinski definition) is 2. The van der Waals surface area contributed by atoms with Crippen LogP contribution in [0.4, 0.5) is 0 Å². The summed E-state index contributed by atoms with van der Waals surface area (Å²) in [5, 5.41) is 12.8. The molecule has 0 aliphatic rings. The van der Waals surface area contributed by atoms with Gasteiger partial charge in [-0.1, -0.05) is 43.7 Å². The summed E-state index contributed by atoms with van der Waals surface area (Å²) in [6, 6.07) is 9.89. The Kier molecular flexibility index (Phi) is 6.85. The largest absolute Gasteiger partial charge is 0.480 e. The third-order valence-corrected chi connectivity index (χ3v) is 4.36. The van der Waals surface area contributed by atoms with Gasteiger partial charge in [0.15, 0.2) is 0 Å². The van der Waals surface area contributed by atoms with Crippen molar-refractivity contribution in [1.29, 1.82) is 0 Å². The number of carboxylic acid groups (broad SMARTS) is 1. The predicted molar refractivity (Wildman–Crippen MR) is 86.4 cm³/mol. The molecule has 0 radical (unpaired) electrons. The minimum atomic E-state index is -1.03. The van der Waals surface area contributed by atoms with Gasteiger partial charge in [-0.05, 0) is 39.4 Å². The van der Waals surface area contributed by atoms with Gasteiger partial charge in [0.25, 0.3) is 0 Å². The summed E-state index contributed by atoms with van der Waals surface area (Å²) >= 11 is 0. The molecule has 1 rings (SSSR count). The van der Waals surface area contributed by atoms with Gasteiger partial charge in [0.05, 0.1) is 0 Å². The van der Waals surface area contributed by atoms with Gasteiger partial charge in [-0.25, -0.2) is 4.79 Å². The normalized spacial score (nSPS) is 15.7. The number of aliphatic carboxylic acids is 1. The molecule has 2 unspecified atom stereocenters. The van der Waals surface area contributed by atoms with Crippen molar-refractivity contribution in [1.82, 2.24) is 10.2 Å². The van der Waals surface area contributed by atoms with E-state index in [9.17, 15) is 9.90 Å². The summed E-state index contributed by atoms with van der Waals surface area (Å²) < 4.78 is 0. The third kappa shape index (κ3) is 4.29. The number of likely N-dealkylation sites (N-methyl/N-ethyl adjacent to an activating group) is 1. The van der Waals surface area contributed by atoms with Crippen molar-refractivity contribution in [2.24, 2.45) is 0 Å². The average molecular weight is 292 g/mol. The summed E-state index contributed by atoms with van der Waals surface area (Å²) in [5.41, 5.74) is -0.224. The second-order valence-electron chi connectivity index (χ2n) is 5.69. The smallest absolute Gasteiger partial charge is 0.328 e. The number of nitrogens with one attached hydrogen (secondary N) is 1. The lowest BCUT2D eigenvalue weighted by atomic mass is 9.86. The van der Waals surface area contributed by atoms with Crippen molar-refractivity contribution in [3.05, 3.63) is 35.9 Å². The molecule has 4 heteroatoms. The zero-order valence-electron chi connectivity index (χ0n) is 13.6. The van der Waals surface area contributed by atoms with Gasteiger partial charge in [-0.15, -0.1) is 0 Å². The van der Waals surface area contributed by atoms with Crippen molar-refractivity contribution in [3.8, 4) is 0 Å². The van der Waals surface area contributed by atoms with Crippen LogP contribution in [0.3, 0.4) is 0 Å². The van der Waals surface area contributed by atoms with Crippen LogP contribution in [0.25, 0.3) is 0 Å². The van der Waals surface area contributed by atoms with Crippen LogP contribution >= 0.6 is 0 Å². The quantitative estimate of drug-likeness (QED) is 0.735. The molecule has 0 aromatic heterocycles. The number of carbonyl (C=O) groups is 1. The zero-order chi connectivity index (χ0) is 15.9. The first-order chi connectivity index (χ1) is 9.97. The Balaban J connectivity index is 2.88. The van der Waals surface area contributed by atoms with Crippen molar-refractivity contribution < 1.29 is 9.90 Å². The summed E-state index contributed by atoms with van der Waals surface area (Å²) in [4.78, 5) is 14.1. The van der Waals surface area contributed by atoms with E-state index in [4.69, 9.17) is 0 Å². The first-order valence-corrected chi connectivity index (χ1v) is 7.66. The Morgan fingerprint density at radius 2 is 2.00 bits per heavy atom. The molecular weight excluding hydrogens is 264 g/mol. The number of nitrogens with zero attached hydrogens (tertiary/aromatic N) is 1. The van der Waals surface area contributed by atoms with Crippen LogP contribution < -0.4 is 5.32 Å². The first kappa shape index (κ1) is 17.7. The van der Waals surface area contributed by atoms with E-state index in [0.717, 1.165) is 24.9 Å². The van der Waals surface area contributed by atoms with Gasteiger partial charge < -0.3 is 15.3 Å². The Morgan fingerprint density at radius 1 is 1.38 bits per heavy atom. The summed E-state index contributed by atoms with van der Waals surface area (Å²) in [7, 11) is 3.78. The predicted octanol–water partition coefficient (Wildman–Crippen LogP) is 2.70. The molecular formula is C17H28N2O2. The minimum Gasteiger partial charge on any atom is -0.480 e. The Bertz CT molecular complexity index is 436. The highest BCUT2D eigenvalue weighted by atomic mass is 16.4. The van der Waals surface area contributed by atoms with Gasteiger partial charge in [-0.3, -0.25) is 0 Å². The Labute approximate surface area is 128 Å². The molecule has 2 N–H and O–H groups in total. The number of benzene rings is 1. The van der Waals surface area contributed by atoms with Crippen molar-refractivity contribution >= 4 is 5.97 Å². The number of carboxylic acids is 1. The van der Waals surface area contributed by atoms with E-state index >= 15 is 0 Å². The van der Waals surface area contributed by atoms with Crippen LogP contribution in [0, 0.1) is 0 Å². The molecule has 4 nitrogen and oxygen atoms in total. The van der Waals surface area contributed by atoms with E-state index in [-0.39, 0.29) is 0 Å². The van der Waals surface area contributed by atoms with E-state index in [2.05, 4.69) is 31.1 Å². The molecule has 0 heterocycles. The molecule has 0 saturated heterocycles. The van der Waals surface area contributed by atoms with Gasteiger partial charge in [-0.2, -0.15) is 0 Å². The standard InChI is InChI=1S/C17H28N2O2/c1-5-9-14(2)19(4)13-12-17(18-3,16(20)21)15-10-7-6-8-11-15/h6-8,10-11,14,18H,5,9,12-13H2,1-4H3,(H,20,21). The fraction of sp³-hybridized carbons (Fsp3) is 0.588. The van der Waals surface area contributed by atoms with Crippen LogP contribution in [0.2, 0.25) is 0 Å². The molecule has 1 aromatic carbocycles. The van der Waals surface area contributed by atoms with Crippen LogP contribution in [0.15, 0.2) is 30.3 Å². The van der Waals surface area contributed by atoms with Crippen molar-refractivity contribution in [2.45, 2.75) is 44.7 Å². The number of hydrogen-bond acceptors (Lipinski definition) is 3. The summed E-state index contributed by atoms with van der Waals surface area (Å²) in [6.07, 6.45) is 2.80. The molecule has 2 atom stereocenters. The van der Waals surface area contributed by atoms with Gasteiger partial charge in [0, 0.05) is 12.6 Å². The van der Waals surface area contributed by atoms with Gasteiger partial charge >= 0.3 is 5.97 Å². The minimum absolute atomic E-state index is 0.467. The SMILES string of the molecule is CCCC(C)N(C)CCC(NC)(C(=O)O)c1ccccc1. The molecule has 0 aliphatic heterocycles. The van der Waals surface area contributed by atoms with E-state index in [1.165, 1.54) is 0 Å². The molecule has 0 fully saturated rings. The molecule has 0 amide bonds. The molecule has 0 aliphatic carbocycles. The van der Waals surface area contributed by atoms with Gasteiger partial charge in [0.1, 0.15) is 5.54 Å². The molecule has 118 valence electrons. The maximum Gasteiger partial charge on any atom is 0.328 e. The van der Waals surface area contributed by atoms with E-state index in [1.54, 1.807) is 7.05 Å². The Hall–Kier alpha value is -1.39. The fourth-order valence-electron chi connectivity index (χ4n) is 2.68. The highest BCUT2D eigenvalue weighted by molar-refractivity contribution is 5.80.